The van der Waals surface area contributed by atoms with Crippen molar-refractivity contribution in [3.8, 4) is 0 Å². The Labute approximate surface area is 105 Å². The van der Waals surface area contributed by atoms with E-state index in [1.807, 2.05) is 6.92 Å². The van der Waals surface area contributed by atoms with Gasteiger partial charge in [0.15, 0.2) is 0 Å². The Morgan fingerprint density at radius 2 is 1.93 bits per heavy atom. The van der Waals surface area contributed by atoms with Crippen LogP contribution < -0.4 is 34.7 Å². The average Bonchev–Trinajstić information content (AvgIpc) is 2.17. The Kier molecular flexibility index (Phi) is 6.04. The molecule has 0 aliphatic carbocycles. The fraction of sp³-hybridized carbons (Fsp3) is 0.300. The van der Waals surface area contributed by atoms with E-state index in [0.29, 0.717) is 5.56 Å². The summed E-state index contributed by atoms with van der Waals surface area (Å²) in [5, 5.41) is 19.4. The van der Waals surface area contributed by atoms with Gasteiger partial charge in [-0.3, -0.25) is 0 Å². The summed E-state index contributed by atoms with van der Waals surface area (Å²) >= 11 is 0. The zero-order valence-corrected chi connectivity index (χ0v) is 10.4. The monoisotopic (exact) mass is 202 g/mol. The molecule has 1 aromatic rings. The maximum absolute atomic E-state index is 10.3. The molecule has 1 atom stereocenters. The minimum Gasteiger partial charge on any atom is -0.547 e. The van der Waals surface area contributed by atoms with Gasteiger partial charge in [0, 0.05) is 0 Å². The van der Waals surface area contributed by atoms with Crippen LogP contribution in [0.1, 0.15) is 24.2 Å². The summed E-state index contributed by atoms with van der Waals surface area (Å²) in [7, 11) is 0. The van der Waals surface area contributed by atoms with Crippen LogP contribution in [0, 0.1) is 0 Å². The molecule has 1 N–H and O–H groups in total. The first kappa shape index (κ1) is 13.7. The van der Waals surface area contributed by atoms with Gasteiger partial charge in [-0.15, -0.1) is 0 Å². The molecular formula is C10H11NaO3. The average molecular weight is 202 g/mol. The molecule has 0 fully saturated rings. The molecule has 0 spiro atoms. The van der Waals surface area contributed by atoms with E-state index < -0.39 is 12.1 Å². The largest absolute Gasteiger partial charge is 1.00 e. The van der Waals surface area contributed by atoms with Gasteiger partial charge in [0.25, 0.3) is 0 Å². The second kappa shape index (κ2) is 6.19. The van der Waals surface area contributed by atoms with Crippen molar-refractivity contribution in [2.75, 3.05) is 0 Å². The van der Waals surface area contributed by atoms with Crippen molar-refractivity contribution in [2.24, 2.45) is 0 Å². The first-order chi connectivity index (χ1) is 6.15. The van der Waals surface area contributed by atoms with Gasteiger partial charge in [0.1, 0.15) is 6.10 Å². The van der Waals surface area contributed by atoms with E-state index in [4.69, 9.17) is 5.11 Å². The van der Waals surface area contributed by atoms with Crippen LogP contribution in [0.4, 0.5) is 0 Å². The second-order valence-electron chi connectivity index (χ2n) is 2.82. The zero-order valence-electron chi connectivity index (χ0n) is 8.36. The number of hydrogen-bond donors (Lipinski definition) is 1. The van der Waals surface area contributed by atoms with E-state index in [2.05, 4.69) is 0 Å². The molecule has 0 bridgehead atoms. The van der Waals surface area contributed by atoms with Crippen molar-refractivity contribution in [3.05, 3.63) is 35.4 Å². The van der Waals surface area contributed by atoms with Gasteiger partial charge in [0.05, 0.1) is 5.97 Å². The second-order valence-corrected chi connectivity index (χ2v) is 2.82. The number of carboxylic acids is 1. The number of carbonyl (C=O) groups excluding carboxylic acids is 1. The van der Waals surface area contributed by atoms with Gasteiger partial charge in [-0.1, -0.05) is 31.2 Å². The van der Waals surface area contributed by atoms with Gasteiger partial charge in [-0.2, -0.15) is 0 Å². The maximum atomic E-state index is 10.3. The molecule has 0 saturated carbocycles. The molecule has 70 valence electrons. The van der Waals surface area contributed by atoms with Crippen LogP contribution in [0.25, 0.3) is 0 Å². The van der Waals surface area contributed by atoms with Crippen molar-refractivity contribution in [1.29, 1.82) is 0 Å². The molecule has 0 aliphatic rings. The van der Waals surface area contributed by atoms with Crippen LogP contribution in [0.15, 0.2) is 24.3 Å². The molecule has 0 radical (unpaired) electrons. The van der Waals surface area contributed by atoms with Gasteiger partial charge < -0.3 is 15.0 Å². The van der Waals surface area contributed by atoms with E-state index in [1.165, 1.54) is 0 Å². The summed E-state index contributed by atoms with van der Waals surface area (Å²) in [5.41, 5.74) is 1.46. The molecule has 1 unspecified atom stereocenters. The third-order valence-corrected chi connectivity index (χ3v) is 1.93. The fourth-order valence-corrected chi connectivity index (χ4v) is 1.07. The van der Waals surface area contributed by atoms with Gasteiger partial charge >= 0.3 is 29.6 Å². The van der Waals surface area contributed by atoms with Crippen molar-refractivity contribution in [1.82, 2.24) is 0 Å². The quantitative estimate of drug-likeness (QED) is 0.533. The van der Waals surface area contributed by atoms with Gasteiger partial charge in [0.2, 0.25) is 0 Å². The summed E-state index contributed by atoms with van der Waals surface area (Å²) in [4.78, 5) is 10.3. The predicted molar refractivity (Wildman–Crippen MR) is 45.8 cm³/mol. The molecule has 0 aliphatic heterocycles. The summed E-state index contributed by atoms with van der Waals surface area (Å²) < 4.78 is 0. The van der Waals surface area contributed by atoms with E-state index in [1.54, 1.807) is 24.3 Å². The van der Waals surface area contributed by atoms with Crippen molar-refractivity contribution < 1.29 is 44.6 Å². The van der Waals surface area contributed by atoms with E-state index >= 15 is 0 Å². The number of hydrogen-bond acceptors (Lipinski definition) is 3. The van der Waals surface area contributed by atoms with Gasteiger partial charge in [-0.05, 0) is 17.5 Å². The first-order valence-electron chi connectivity index (χ1n) is 4.13. The molecule has 1 rings (SSSR count). The van der Waals surface area contributed by atoms with Crippen LogP contribution in [0.5, 0.6) is 0 Å². The smallest absolute Gasteiger partial charge is 0.547 e. The Hall–Kier alpha value is -0.350. The van der Waals surface area contributed by atoms with Gasteiger partial charge in [-0.25, -0.2) is 0 Å². The number of rotatable bonds is 3. The van der Waals surface area contributed by atoms with Crippen LogP contribution in [0.2, 0.25) is 0 Å². The minimum absolute atomic E-state index is 0. The number of aliphatic hydroxyl groups is 1. The van der Waals surface area contributed by atoms with Crippen LogP contribution in [0.3, 0.4) is 0 Å². The third kappa shape index (κ3) is 3.42. The first-order valence-corrected chi connectivity index (χ1v) is 4.13. The van der Waals surface area contributed by atoms with Crippen LogP contribution in [-0.2, 0) is 11.2 Å². The van der Waals surface area contributed by atoms with E-state index in [0.717, 1.165) is 12.0 Å². The minimum atomic E-state index is -1.52. The molecule has 4 heteroatoms. The predicted octanol–water partition coefficient (Wildman–Crippen LogP) is -2.96. The standard InChI is InChI=1S/C10H12O3.Na/c1-2-7-3-5-8(6-4-7)9(11)10(12)13;/h3-6,9,11H,2H2,1H3,(H,12,13);/q;+1/p-1. The SMILES string of the molecule is CCc1ccc(C(O)C(=O)[O-])cc1.[Na+]. The molecule has 3 nitrogen and oxygen atoms in total. The number of carboxylic acid groups (broad SMARTS) is 1. The molecular weight excluding hydrogens is 191 g/mol. The number of aliphatic hydroxyl groups excluding tert-OH is 1. The summed E-state index contributed by atoms with van der Waals surface area (Å²) in [6.45, 7) is 2.00. The summed E-state index contributed by atoms with van der Waals surface area (Å²) in [6.07, 6.45) is -0.632. The molecule has 0 aromatic heterocycles. The van der Waals surface area contributed by atoms with E-state index in [-0.39, 0.29) is 29.6 Å². The molecule has 0 amide bonds. The third-order valence-electron chi connectivity index (χ3n) is 1.93. The number of aryl methyl sites for hydroxylation is 1. The van der Waals surface area contributed by atoms with Crippen LogP contribution >= 0.6 is 0 Å². The Morgan fingerprint density at radius 1 is 1.43 bits per heavy atom. The summed E-state index contributed by atoms with van der Waals surface area (Å²) in [5.74, 6) is -1.47. The van der Waals surface area contributed by atoms with E-state index in [9.17, 15) is 9.90 Å². The summed E-state index contributed by atoms with van der Waals surface area (Å²) in [6, 6.07) is 6.78. The van der Waals surface area contributed by atoms with Crippen LogP contribution in [-0.4, -0.2) is 11.1 Å². The Morgan fingerprint density at radius 3 is 2.29 bits per heavy atom. The van der Waals surface area contributed by atoms with Crippen molar-refractivity contribution in [3.63, 3.8) is 0 Å². The van der Waals surface area contributed by atoms with Crippen molar-refractivity contribution >= 4 is 5.97 Å². The maximum Gasteiger partial charge on any atom is 1.00 e. The normalized spacial score (nSPS) is 11.6. The Bertz CT molecular complexity index is 295. The number of carbonyl (C=O) groups is 1. The topological polar surface area (TPSA) is 60.4 Å². The molecule has 0 heterocycles. The fourth-order valence-electron chi connectivity index (χ4n) is 1.07. The molecule has 1 aromatic carbocycles. The zero-order chi connectivity index (χ0) is 9.84. The Balaban J connectivity index is 0.00000169. The molecule has 14 heavy (non-hydrogen) atoms. The molecule has 0 saturated heterocycles. The number of benzene rings is 1. The number of aliphatic carboxylic acids is 1. The van der Waals surface area contributed by atoms with Crippen molar-refractivity contribution in [2.45, 2.75) is 19.4 Å².